The molecule has 1 aromatic heterocycles. The molecule has 6 nitrogen and oxygen atoms in total. The van der Waals surface area contributed by atoms with Crippen LogP contribution >= 0.6 is 0 Å². The molecule has 1 aromatic rings. The minimum absolute atomic E-state index is 0.0341. The van der Waals surface area contributed by atoms with E-state index in [4.69, 9.17) is 4.74 Å². The average Bonchev–Trinajstić information content (AvgIpc) is 3.57. The Morgan fingerprint density at radius 1 is 1.13 bits per heavy atom. The Morgan fingerprint density at radius 3 is 2.53 bits per heavy atom. The zero-order chi connectivity index (χ0) is 21.3. The molecule has 2 unspecified atom stereocenters. The van der Waals surface area contributed by atoms with Crippen molar-refractivity contribution in [3.63, 3.8) is 0 Å². The lowest BCUT2D eigenvalue weighted by Gasteiger charge is -2.37. The van der Waals surface area contributed by atoms with Crippen molar-refractivity contribution in [2.75, 3.05) is 6.61 Å². The SMILES string of the molecule is C/C=C\C1CCC(OCC2C(NS(=O)(=O)C3CC3)CCc3ccc(C)c(=O)n32)CC1. The fourth-order valence-electron chi connectivity index (χ4n) is 4.90. The largest absolute Gasteiger partial charge is 0.376 e. The molecule has 2 atom stereocenters. The number of aryl methyl sites for hydroxylation is 2. The van der Waals surface area contributed by atoms with Crippen molar-refractivity contribution in [3.8, 4) is 0 Å². The molecule has 0 radical (unpaired) electrons. The Labute approximate surface area is 179 Å². The van der Waals surface area contributed by atoms with Crippen LogP contribution in [0.2, 0.25) is 0 Å². The Kier molecular flexibility index (Phi) is 6.51. The van der Waals surface area contributed by atoms with Gasteiger partial charge in [0.2, 0.25) is 10.0 Å². The van der Waals surface area contributed by atoms with Gasteiger partial charge in [-0.1, -0.05) is 18.2 Å². The molecule has 0 saturated heterocycles. The summed E-state index contributed by atoms with van der Waals surface area (Å²) in [5, 5.41) is -0.267. The van der Waals surface area contributed by atoms with Gasteiger partial charge in [-0.25, -0.2) is 13.1 Å². The first-order valence-electron chi connectivity index (χ1n) is 11.4. The van der Waals surface area contributed by atoms with Crippen molar-refractivity contribution in [2.45, 2.75) is 88.7 Å². The van der Waals surface area contributed by atoms with Gasteiger partial charge in [-0.2, -0.15) is 0 Å². The second kappa shape index (κ2) is 8.97. The lowest BCUT2D eigenvalue weighted by Crippen LogP contribution is -2.50. The van der Waals surface area contributed by atoms with E-state index in [1.54, 1.807) is 4.57 Å². The predicted molar refractivity (Wildman–Crippen MR) is 118 cm³/mol. The summed E-state index contributed by atoms with van der Waals surface area (Å²) in [5.41, 5.74) is 1.62. The second-order valence-corrected chi connectivity index (χ2v) is 11.1. The van der Waals surface area contributed by atoms with Crippen LogP contribution in [0.1, 0.15) is 69.2 Å². The lowest BCUT2D eigenvalue weighted by atomic mass is 9.87. The third-order valence-electron chi connectivity index (χ3n) is 6.86. The van der Waals surface area contributed by atoms with Crippen molar-refractivity contribution in [2.24, 2.45) is 5.92 Å². The predicted octanol–water partition coefficient (Wildman–Crippen LogP) is 3.25. The highest BCUT2D eigenvalue weighted by Crippen LogP contribution is 2.32. The van der Waals surface area contributed by atoms with Crippen LogP contribution in [0.4, 0.5) is 0 Å². The average molecular weight is 435 g/mol. The Hall–Kier alpha value is -1.44. The number of allylic oxidation sites excluding steroid dienone is 2. The van der Waals surface area contributed by atoms with Crippen LogP contribution in [0.15, 0.2) is 29.1 Å². The number of nitrogens with one attached hydrogen (secondary N) is 1. The van der Waals surface area contributed by atoms with Crippen LogP contribution in [-0.2, 0) is 21.2 Å². The molecule has 0 amide bonds. The molecule has 7 heteroatoms. The Bertz CT molecular complexity index is 940. The van der Waals surface area contributed by atoms with Crippen molar-refractivity contribution < 1.29 is 13.2 Å². The normalized spacial score (nSPS) is 29.8. The number of ether oxygens (including phenoxy) is 1. The fraction of sp³-hybridized carbons (Fsp3) is 0.696. The summed E-state index contributed by atoms with van der Waals surface area (Å²) < 4.78 is 36.3. The molecule has 2 heterocycles. The van der Waals surface area contributed by atoms with Gasteiger partial charge in [0.15, 0.2) is 0 Å². The third kappa shape index (κ3) is 4.73. The highest BCUT2D eigenvalue weighted by molar-refractivity contribution is 7.90. The van der Waals surface area contributed by atoms with E-state index in [2.05, 4.69) is 23.8 Å². The molecule has 4 rings (SSSR count). The topological polar surface area (TPSA) is 77.4 Å². The van der Waals surface area contributed by atoms with Crippen LogP contribution in [0.25, 0.3) is 0 Å². The van der Waals surface area contributed by atoms with E-state index in [-0.39, 0.29) is 29.0 Å². The van der Waals surface area contributed by atoms with E-state index in [0.29, 0.717) is 30.9 Å². The standard InChI is InChI=1S/C23H34N2O4S/c1-3-4-17-6-10-19(11-7-17)29-15-22-21(24-30(27,28)20-12-13-20)14-9-18-8-5-16(2)23(26)25(18)22/h3-5,8,17,19-22,24H,6-7,9-15H2,1-2H3/b4-3-. The molecule has 1 N–H and O–H groups in total. The van der Waals surface area contributed by atoms with Crippen molar-refractivity contribution in [3.05, 3.63) is 45.9 Å². The number of sulfonamides is 1. The summed E-state index contributed by atoms with van der Waals surface area (Å²) in [6, 6.07) is 3.26. The zero-order valence-corrected chi connectivity index (χ0v) is 18.9. The molecule has 0 bridgehead atoms. The van der Waals surface area contributed by atoms with Gasteiger partial charge < -0.3 is 9.30 Å². The van der Waals surface area contributed by atoms with Gasteiger partial charge in [0, 0.05) is 17.3 Å². The molecule has 2 aliphatic carbocycles. The fourth-order valence-corrected chi connectivity index (χ4v) is 6.55. The highest BCUT2D eigenvalue weighted by Gasteiger charge is 2.40. The molecule has 0 aromatic carbocycles. The van der Waals surface area contributed by atoms with Crippen LogP contribution in [0.5, 0.6) is 0 Å². The van der Waals surface area contributed by atoms with E-state index in [1.807, 2.05) is 19.1 Å². The summed E-state index contributed by atoms with van der Waals surface area (Å²) in [5.74, 6) is 0.633. The van der Waals surface area contributed by atoms with Gasteiger partial charge in [-0.3, -0.25) is 4.79 Å². The monoisotopic (exact) mass is 434 g/mol. The summed E-state index contributed by atoms with van der Waals surface area (Å²) in [7, 11) is -3.33. The quantitative estimate of drug-likeness (QED) is 0.669. The second-order valence-electron chi connectivity index (χ2n) is 9.15. The summed E-state index contributed by atoms with van der Waals surface area (Å²) in [4.78, 5) is 13.0. The van der Waals surface area contributed by atoms with Gasteiger partial charge in [-0.15, -0.1) is 0 Å². The number of pyridine rings is 1. The number of aromatic nitrogens is 1. The highest BCUT2D eigenvalue weighted by atomic mass is 32.2. The van der Waals surface area contributed by atoms with Crippen LogP contribution < -0.4 is 10.3 Å². The van der Waals surface area contributed by atoms with Crippen molar-refractivity contribution in [1.29, 1.82) is 0 Å². The molecule has 166 valence electrons. The van der Waals surface area contributed by atoms with Crippen LogP contribution in [-0.4, -0.2) is 37.0 Å². The maximum absolute atomic E-state index is 13.0. The minimum Gasteiger partial charge on any atom is -0.376 e. The molecule has 3 aliphatic rings. The molecule has 2 saturated carbocycles. The van der Waals surface area contributed by atoms with Crippen LogP contribution in [0.3, 0.4) is 0 Å². The van der Waals surface area contributed by atoms with Gasteiger partial charge in [0.05, 0.1) is 24.0 Å². The van der Waals surface area contributed by atoms with Gasteiger partial charge in [0.1, 0.15) is 0 Å². The van der Waals surface area contributed by atoms with Crippen molar-refractivity contribution in [1.82, 2.24) is 9.29 Å². The minimum atomic E-state index is -3.33. The molecule has 0 spiro atoms. The number of hydrogen-bond acceptors (Lipinski definition) is 4. The smallest absolute Gasteiger partial charge is 0.254 e. The number of fused-ring (bicyclic) bond motifs is 1. The first kappa shape index (κ1) is 21.8. The summed E-state index contributed by atoms with van der Waals surface area (Å²) in [6.07, 6.45) is 11.7. The molecular formula is C23H34N2O4S. The number of nitrogens with zero attached hydrogens (tertiary/aromatic N) is 1. The van der Waals surface area contributed by atoms with Gasteiger partial charge in [0.25, 0.3) is 5.56 Å². The van der Waals surface area contributed by atoms with Gasteiger partial charge >= 0.3 is 0 Å². The van der Waals surface area contributed by atoms with E-state index >= 15 is 0 Å². The maximum Gasteiger partial charge on any atom is 0.254 e. The molecule has 1 aliphatic heterocycles. The van der Waals surface area contributed by atoms with E-state index in [9.17, 15) is 13.2 Å². The van der Waals surface area contributed by atoms with Gasteiger partial charge in [-0.05, 0) is 77.2 Å². The summed E-state index contributed by atoms with van der Waals surface area (Å²) in [6.45, 7) is 4.24. The van der Waals surface area contributed by atoms with Crippen LogP contribution in [0, 0.1) is 12.8 Å². The van der Waals surface area contributed by atoms with E-state index < -0.39 is 10.0 Å². The summed E-state index contributed by atoms with van der Waals surface area (Å²) >= 11 is 0. The molecular weight excluding hydrogens is 400 g/mol. The third-order valence-corrected chi connectivity index (χ3v) is 8.84. The van der Waals surface area contributed by atoms with E-state index in [0.717, 1.165) is 44.2 Å². The lowest BCUT2D eigenvalue weighted by molar-refractivity contribution is -0.00356. The Morgan fingerprint density at radius 2 is 1.87 bits per heavy atom. The number of hydrogen-bond donors (Lipinski definition) is 1. The first-order valence-corrected chi connectivity index (χ1v) is 12.9. The maximum atomic E-state index is 13.0. The van der Waals surface area contributed by atoms with Crippen molar-refractivity contribution >= 4 is 10.0 Å². The first-order chi connectivity index (χ1) is 14.4. The number of rotatable bonds is 7. The van der Waals surface area contributed by atoms with E-state index in [1.165, 1.54) is 0 Å². The zero-order valence-electron chi connectivity index (χ0n) is 18.0. The molecule has 30 heavy (non-hydrogen) atoms. The Balaban J connectivity index is 1.52. The molecule has 2 fully saturated rings.